The van der Waals surface area contributed by atoms with Crippen molar-refractivity contribution in [2.24, 2.45) is 11.8 Å². The fourth-order valence-electron chi connectivity index (χ4n) is 1.95. The third-order valence-electron chi connectivity index (χ3n) is 2.95. The smallest absolute Gasteiger partial charge is 0.0213 e. The molecule has 0 amide bonds. The Kier molecular flexibility index (Phi) is 4.14. The molecule has 0 nitrogen and oxygen atoms in total. The quantitative estimate of drug-likeness (QED) is 0.662. The molecule has 0 heteroatoms. The minimum atomic E-state index is 0.592. The highest BCUT2D eigenvalue weighted by Crippen LogP contribution is 2.29. The molecule has 0 aliphatic rings. The van der Waals surface area contributed by atoms with Gasteiger partial charge in [0.15, 0.2) is 0 Å². The van der Waals surface area contributed by atoms with Crippen molar-refractivity contribution < 1.29 is 0 Å². The first-order valence-electron chi connectivity index (χ1n) is 5.80. The van der Waals surface area contributed by atoms with Gasteiger partial charge in [0.1, 0.15) is 0 Å². The first-order valence-corrected chi connectivity index (χ1v) is 5.80. The lowest BCUT2D eigenvalue weighted by Gasteiger charge is -2.18. The summed E-state index contributed by atoms with van der Waals surface area (Å²) in [5.41, 5.74) is 4.39. The fourth-order valence-corrected chi connectivity index (χ4v) is 1.95. The number of allylic oxidation sites excluding steroid dienone is 2. The van der Waals surface area contributed by atoms with Gasteiger partial charge in [0, 0.05) is 0 Å². The molecular formula is C15H22. The van der Waals surface area contributed by atoms with E-state index in [-0.39, 0.29) is 0 Å². The zero-order valence-electron chi connectivity index (χ0n) is 10.5. The second-order valence-electron chi connectivity index (χ2n) is 4.77. The van der Waals surface area contributed by atoms with Gasteiger partial charge in [-0.05, 0) is 29.9 Å². The Morgan fingerprint density at radius 3 is 1.80 bits per heavy atom. The van der Waals surface area contributed by atoms with Crippen molar-refractivity contribution in [2.75, 3.05) is 0 Å². The molecule has 0 aliphatic carbocycles. The second-order valence-corrected chi connectivity index (χ2v) is 4.77. The van der Waals surface area contributed by atoms with Gasteiger partial charge in [-0.1, -0.05) is 63.6 Å². The van der Waals surface area contributed by atoms with Crippen molar-refractivity contribution in [1.29, 1.82) is 0 Å². The summed E-state index contributed by atoms with van der Waals surface area (Å²) in [4.78, 5) is 0. The number of hydrogen-bond donors (Lipinski definition) is 0. The van der Waals surface area contributed by atoms with Crippen LogP contribution >= 0.6 is 0 Å². The molecule has 1 rings (SSSR count). The molecule has 0 N–H and O–H groups in total. The molecule has 1 aromatic carbocycles. The van der Waals surface area contributed by atoms with E-state index in [4.69, 9.17) is 0 Å². The molecule has 0 bridgehead atoms. The Morgan fingerprint density at radius 2 is 1.40 bits per heavy atom. The van der Waals surface area contributed by atoms with E-state index < -0.39 is 0 Å². The van der Waals surface area contributed by atoms with Crippen molar-refractivity contribution in [2.45, 2.75) is 34.6 Å². The largest absolute Gasteiger partial charge is 0.0667 e. The molecule has 0 fully saturated rings. The van der Waals surface area contributed by atoms with Crippen LogP contribution in [0.25, 0.3) is 5.57 Å². The number of hydrogen-bond acceptors (Lipinski definition) is 0. The minimum Gasteiger partial charge on any atom is -0.0667 e. The first kappa shape index (κ1) is 12.0. The van der Waals surface area contributed by atoms with Gasteiger partial charge in [0.25, 0.3) is 0 Å². The van der Waals surface area contributed by atoms with E-state index in [1.54, 1.807) is 0 Å². The van der Waals surface area contributed by atoms with Crippen molar-refractivity contribution in [3.63, 3.8) is 0 Å². The Hall–Kier alpha value is -1.04. The van der Waals surface area contributed by atoms with Gasteiger partial charge in [-0.25, -0.2) is 0 Å². The fraction of sp³-hybridized carbons (Fsp3) is 0.467. The van der Waals surface area contributed by atoms with E-state index in [0.29, 0.717) is 11.8 Å². The molecule has 1 aromatic rings. The van der Waals surface area contributed by atoms with Gasteiger partial charge in [-0.2, -0.15) is 0 Å². The van der Waals surface area contributed by atoms with Crippen molar-refractivity contribution in [1.82, 2.24) is 0 Å². The van der Waals surface area contributed by atoms with Gasteiger partial charge in [-0.15, -0.1) is 0 Å². The summed E-state index contributed by atoms with van der Waals surface area (Å²) in [5.74, 6) is 1.22. The molecule has 0 heterocycles. The lowest BCUT2D eigenvalue weighted by atomic mass is 9.87. The summed E-state index contributed by atoms with van der Waals surface area (Å²) < 4.78 is 0. The molecule has 0 aromatic heterocycles. The highest BCUT2D eigenvalue weighted by molar-refractivity contribution is 5.69. The lowest BCUT2D eigenvalue weighted by Crippen LogP contribution is -2.01. The van der Waals surface area contributed by atoms with E-state index in [0.717, 1.165) is 0 Å². The van der Waals surface area contributed by atoms with Crippen LogP contribution < -0.4 is 0 Å². The predicted octanol–water partition coefficient (Wildman–Crippen LogP) is 4.77. The molecule has 0 aliphatic heterocycles. The molecule has 0 atom stereocenters. The van der Waals surface area contributed by atoms with Crippen molar-refractivity contribution >= 4 is 5.57 Å². The van der Waals surface area contributed by atoms with Gasteiger partial charge >= 0.3 is 0 Å². The zero-order valence-corrected chi connectivity index (χ0v) is 10.5. The third-order valence-corrected chi connectivity index (χ3v) is 2.95. The summed E-state index contributed by atoms with van der Waals surface area (Å²) in [6.45, 7) is 11.3. The second kappa shape index (κ2) is 5.16. The summed E-state index contributed by atoms with van der Waals surface area (Å²) in [7, 11) is 0. The Labute approximate surface area is 94.0 Å². The summed E-state index contributed by atoms with van der Waals surface area (Å²) in [6, 6.07) is 10.7. The van der Waals surface area contributed by atoms with Gasteiger partial charge < -0.3 is 0 Å². The van der Waals surface area contributed by atoms with Crippen molar-refractivity contribution in [3.8, 4) is 0 Å². The van der Waals surface area contributed by atoms with Crippen LogP contribution in [0, 0.1) is 11.8 Å². The standard InChI is InChI=1S/C15H22/c1-11(2)13(5)15(12(3)4)14-9-7-6-8-10-14/h6-12H,1-5H3/b15-13+. The monoisotopic (exact) mass is 202 g/mol. The molecule has 0 saturated carbocycles. The van der Waals surface area contributed by atoms with E-state index in [2.05, 4.69) is 65.0 Å². The highest BCUT2D eigenvalue weighted by atomic mass is 14.2. The van der Waals surface area contributed by atoms with Crippen molar-refractivity contribution in [3.05, 3.63) is 41.5 Å². The van der Waals surface area contributed by atoms with Crippen LogP contribution in [0.1, 0.15) is 40.2 Å². The van der Waals surface area contributed by atoms with E-state index in [1.165, 1.54) is 16.7 Å². The van der Waals surface area contributed by atoms with Crippen LogP contribution in [0.15, 0.2) is 35.9 Å². The molecule has 0 saturated heterocycles. The SMILES string of the molecule is C/C(=C(\c1ccccc1)C(C)C)C(C)C. The number of benzene rings is 1. The topological polar surface area (TPSA) is 0 Å². The normalized spacial score (nSPS) is 13.3. The van der Waals surface area contributed by atoms with Crippen LogP contribution in [0.5, 0.6) is 0 Å². The van der Waals surface area contributed by atoms with Crippen LogP contribution in [-0.2, 0) is 0 Å². The van der Waals surface area contributed by atoms with E-state index in [9.17, 15) is 0 Å². The maximum absolute atomic E-state index is 2.27. The van der Waals surface area contributed by atoms with Gasteiger partial charge in [-0.3, -0.25) is 0 Å². The summed E-state index contributed by atoms with van der Waals surface area (Å²) in [5, 5.41) is 0. The summed E-state index contributed by atoms with van der Waals surface area (Å²) >= 11 is 0. The summed E-state index contributed by atoms with van der Waals surface area (Å²) in [6.07, 6.45) is 0. The molecule has 0 spiro atoms. The first-order chi connectivity index (χ1) is 7.04. The van der Waals surface area contributed by atoms with E-state index >= 15 is 0 Å². The Bertz CT molecular complexity index is 328. The molecule has 82 valence electrons. The van der Waals surface area contributed by atoms with Crippen LogP contribution in [0.3, 0.4) is 0 Å². The molecule has 0 unspecified atom stereocenters. The zero-order chi connectivity index (χ0) is 11.4. The minimum absolute atomic E-state index is 0.592. The Morgan fingerprint density at radius 1 is 0.867 bits per heavy atom. The average molecular weight is 202 g/mol. The van der Waals surface area contributed by atoms with E-state index in [1.807, 2.05) is 0 Å². The van der Waals surface area contributed by atoms with Crippen LogP contribution in [0.4, 0.5) is 0 Å². The van der Waals surface area contributed by atoms with Gasteiger partial charge in [0.05, 0.1) is 0 Å². The predicted molar refractivity (Wildman–Crippen MR) is 68.7 cm³/mol. The average Bonchev–Trinajstić information content (AvgIpc) is 2.18. The number of rotatable bonds is 3. The maximum Gasteiger partial charge on any atom is -0.0213 e. The molecule has 0 radical (unpaired) electrons. The maximum atomic E-state index is 2.27. The highest BCUT2D eigenvalue weighted by Gasteiger charge is 2.11. The molecular weight excluding hydrogens is 180 g/mol. The van der Waals surface area contributed by atoms with Gasteiger partial charge in [0.2, 0.25) is 0 Å². The Balaban J connectivity index is 3.21. The third kappa shape index (κ3) is 2.95. The lowest BCUT2D eigenvalue weighted by molar-refractivity contribution is 0.745. The molecule has 15 heavy (non-hydrogen) atoms. The van der Waals surface area contributed by atoms with Crippen LogP contribution in [-0.4, -0.2) is 0 Å². The van der Waals surface area contributed by atoms with Crippen LogP contribution in [0.2, 0.25) is 0 Å².